The zero-order valence-electron chi connectivity index (χ0n) is 15.4. The second-order valence-corrected chi connectivity index (χ2v) is 8.25. The first-order valence-corrected chi connectivity index (χ1v) is 9.66. The molecule has 0 aliphatic carbocycles. The number of carbonyl (C=O) groups is 1. The van der Waals surface area contributed by atoms with Crippen LogP contribution in [-0.2, 0) is 10.0 Å². The first-order valence-electron chi connectivity index (χ1n) is 8.18. The molecular formula is C17H29N3O3S. The molecule has 0 atom stereocenters. The lowest BCUT2D eigenvalue weighted by atomic mass is 10.1. The van der Waals surface area contributed by atoms with Gasteiger partial charge in [-0.05, 0) is 59.4 Å². The van der Waals surface area contributed by atoms with Crippen molar-refractivity contribution in [3.63, 3.8) is 0 Å². The molecule has 0 unspecified atom stereocenters. The van der Waals surface area contributed by atoms with Crippen molar-refractivity contribution in [1.82, 2.24) is 14.9 Å². The van der Waals surface area contributed by atoms with E-state index in [1.165, 1.54) is 19.2 Å². The number of nitrogens with zero attached hydrogens (tertiary/aromatic N) is 1. The van der Waals surface area contributed by atoms with E-state index >= 15 is 0 Å². The van der Waals surface area contributed by atoms with Crippen molar-refractivity contribution in [1.29, 1.82) is 0 Å². The number of amides is 1. The molecule has 0 aliphatic heterocycles. The van der Waals surface area contributed by atoms with Crippen LogP contribution in [-0.4, -0.2) is 51.4 Å². The third-order valence-electron chi connectivity index (χ3n) is 4.01. The number of benzene rings is 1. The van der Waals surface area contributed by atoms with E-state index in [0.29, 0.717) is 24.2 Å². The molecule has 1 rings (SSSR count). The lowest BCUT2D eigenvalue weighted by Crippen LogP contribution is -2.42. The quantitative estimate of drug-likeness (QED) is 0.745. The van der Waals surface area contributed by atoms with Gasteiger partial charge in [0.2, 0.25) is 10.0 Å². The number of carbonyl (C=O) groups excluding carboxylic acids is 1. The summed E-state index contributed by atoms with van der Waals surface area (Å²) in [7, 11) is -2.22. The summed E-state index contributed by atoms with van der Waals surface area (Å²) >= 11 is 0. The summed E-state index contributed by atoms with van der Waals surface area (Å²) in [6.45, 7) is 11.5. The highest BCUT2D eigenvalue weighted by Gasteiger charge is 2.17. The molecule has 1 aromatic carbocycles. The van der Waals surface area contributed by atoms with E-state index in [1.807, 2.05) is 0 Å². The van der Waals surface area contributed by atoms with Crippen LogP contribution in [0.25, 0.3) is 0 Å². The Balaban J connectivity index is 2.83. The Kier molecular flexibility index (Phi) is 7.38. The standard InChI is InChI=1S/C17H29N3O3S/c1-12(2)20(13(3)4)10-9-19-17(21)16-11-15(8-7-14(16)5)24(22,23)18-6/h7-8,11-13,18H,9-10H2,1-6H3,(H,19,21). The van der Waals surface area contributed by atoms with Gasteiger partial charge in [-0.1, -0.05) is 6.07 Å². The average molecular weight is 356 g/mol. The fourth-order valence-corrected chi connectivity index (χ4v) is 3.39. The highest BCUT2D eigenvalue weighted by molar-refractivity contribution is 7.89. The molecule has 0 saturated carbocycles. The first-order chi connectivity index (χ1) is 11.1. The van der Waals surface area contributed by atoms with E-state index in [-0.39, 0.29) is 10.8 Å². The largest absolute Gasteiger partial charge is 0.351 e. The van der Waals surface area contributed by atoms with Gasteiger partial charge in [0.1, 0.15) is 0 Å². The molecule has 0 saturated heterocycles. The van der Waals surface area contributed by atoms with Crippen LogP contribution in [0.2, 0.25) is 0 Å². The predicted octanol–water partition coefficient (Wildman–Crippen LogP) is 1.75. The molecule has 0 aliphatic rings. The molecule has 0 fully saturated rings. The van der Waals surface area contributed by atoms with E-state index in [9.17, 15) is 13.2 Å². The van der Waals surface area contributed by atoms with Crippen molar-refractivity contribution < 1.29 is 13.2 Å². The van der Waals surface area contributed by atoms with Gasteiger partial charge in [0.25, 0.3) is 5.91 Å². The van der Waals surface area contributed by atoms with Gasteiger partial charge in [0.05, 0.1) is 4.90 Å². The Morgan fingerprint density at radius 2 is 1.75 bits per heavy atom. The third kappa shape index (κ3) is 5.29. The zero-order chi connectivity index (χ0) is 18.5. The highest BCUT2D eigenvalue weighted by Crippen LogP contribution is 2.15. The summed E-state index contributed by atoms with van der Waals surface area (Å²) in [5, 5.41) is 2.88. The van der Waals surface area contributed by atoms with Gasteiger partial charge >= 0.3 is 0 Å². The fraction of sp³-hybridized carbons (Fsp3) is 0.588. The highest BCUT2D eigenvalue weighted by atomic mass is 32.2. The van der Waals surface area contributed by atoms with Crippen LogP contribution in [0.1, 0.15) is 43.6 Å². The molecule has 0 radical (unpaired) electrons. The van der Waals surface area contributed by atoms with Crippen LogP contribution < -0.4 is 10.0 Å². The van der Waals surface area contributed by atoms with Gasteiger partial charge in [0, 0.05) is 30.7 Å². The van der Waals surface area contributed by atoms with E-state index < -0.39 is 10.0 Å². The molecule has 2 N–H and O–H groups in total. The minimum absolute atomic E-state index is 0.0896. The number of aryl methyl sites for hydroxylation is 1. The van der Waals surface area contributed by atoms with E-state index in [1.54, 1.807) is 13.0 Å². The molecule has 1 aromatic rings. The summed E-state index contributed by atoms with van der Waals surface area (Å²) in [4.78, 5) is 14.8. The number of rotatable bonds is 8. The number of nitrogens with one attached hydrogen (secondary N) is 2. The molecule has 0 bridgehead atoms. The zero-order valence-corrected chi connectivity index (χ0v) is 16.2. The maximum absolute atomic E-state index is 12.4. The maximum Gasteiger partial charge on any atom is 0.251 e. The third-order valence-corrected chi connectivity index (χ3v) is 5.43. The van der Waals surface area contributed by atoms with Crippen LogP contribution in [0.3, 0.4) is 0 Å². The minimum Gasteiger partial charge on any atom is -0.351 e. The summed E-state index contributed by atoms with van der Waals surface area (Å²) in [5.41, 5.74) is 1.12. The van der Waals surface area contributed by atoms with Crippen molar-refractivity contribution >= 4 is 15.9 Å². The molecule has 24 heavy (non-hydrogen) atoms. The van der Waals surface area contributed by atoms with Gasteiger partial charge in [0.15, 0.2) is 0 Å². The van der Waals surface area contributed by atoms with E-state index in [0.717, 1.165) is 12.1 Å². The van der Waals surface area contributed by atoms with Gasteiger partial charge in [-0.3, -0.25) is 9.69 Å². The predicted molar refractivity (Wildman–Crippen MR) is 96.7 cm³/mol. The van der Waals surface area contributed by atoms with Crippen LogP contribution >= 0.6 is 0 Å². The summed E-state index contributed by atoms with van der Waals surface area (Å²) in [6, 6.07) is 5.35. The second-order valence-electron chi connectivity index (χ2n) is 6.37. The van der Waals surface area contributed by atoms with Crippen LogP contribution in [0, 0.1) is 6.92 Å². The molecule has 136 valence electrons. The van der Waals surface area contributed by atoms with Gasteiger partial charge < -0.3 is 5.32 Å². The molecule has 7 heteroatoms. The maximum atomic E-state index is 12.4. The summed E-state index contributed by atoms with van der Waals surface area (Å²) < 4.78 is 26.0. The van der Waals surface area contributed by atoms with Crippen molar-refractivity contribution in [2.75, 3.05) is 20.1 Å². The van der Waals surface area contributed by atoms with Crippen LogP contribution in [0.4, 0.5) is 0 Å². The van der Waals surface area contributed by atoms with Crippen molar-refractivity contribution in [3.05, 3.63) is 29.3 Å². The normalized spacial score (nSPS) is 12.2. The second kappa shape index (κ2) is 8.60. The van der Waals surface area contributed by atoms with E-state index in [2.05, 4.69) is 42.6 Å². The lowest BCUT2D eigenvalue weighted by molar-refractivity contribution is 0.0938. The number of sulfonamides is 1. The van der Waals surface area contributed by atoms with E-state index in [4.69, 9.17) is 0 Å². The molecule has 1 amide bonds. The smallest absolute Gasteiger partial charge is 0.251 e. The first kappa shape index (κ1) is 20.6. The SMILES string of the molecule is CNS(=O)(=O)c1ccc(C)c(C(=O)NCCN(C(C)C)C(C)C)c1. The van der Waals surface area contributed by atoms with Crippen LogP contribution in [0.5, 0.6) is 0 Å². The number of hydrogen-bond donors (Lipinski definition) is 2. The van der Waals surface area contributed by atoms with Gasteiger partial charge in [-0.15, -0.1) is 0 Å². The van der Waals surface area contributed by atoms with Crippen molar-refractivity contribution in [2.24, 2.45) is 0 Å². The Morgan fingerprint density at radius 3 is 2.25 bits per heavy atom. The van der Waals surface area contributed by atoms with Crippen molar-refractivity contribution in [2.45, 2.75) is 51.6 Å². The van der Waals surface area contributed by atoms with Crippen molar-refractivity contribution in [3.8, 4) is 0 Å². The topological polar surface area (TPSA) is 78.5 Å². The monoisotopic (exact) mass is 355 g/mol. The average Bonchev–Trinajstić information content (AvgIpc) is 2.50. The fourth-order valence-electron chi connectivity index (χ4n) is 2.64. The molecule has 0 aromatic heterocycles. The summed E-state index contributed by atoms with van der Waals surface area (Å²) in [6.07, 6.45) is 0. The van der Waals surface area contributed by atoms with Gasteiger partial charge in [-0.2, -0.15) is 0 Å². The van der Waals surface area contributed by atoms with Gasteiger partial charge in [-0.25, -0.2) is 13.1 Å². The Hall–Kier alpha value is -1.44. The van der Waals surface area contributed by atoms with Crippen LogP contribution in [0.15, 0.2) is 23.1 Å². The Labute approximate surface area is 145 Å². The Bertz CT molecular complexity index is 662. The molecular weight excluding hydrogens is 326 g/mol. The molecule has 0 spiro atoms. The number of hydrogen-bond acceptors (Lipinski definition) is 4. The lowest BCUT2D eigenvalue weighted by Gasteiger charge is -2.30. The Morgan fingerprint density at radius 1 is 1.17 bits per heavy atom. The minimum atomic E-state index is -3.57. The summed E-state index contributed by atoms with van der Waals surface area (Å²) in [5.74, 6) is -0.256. The molecule has 0 heterocycles. The molecule has 6 nitrogen and oxygen atoms in total.